The smallest absolute Gasteiger partial charge is 0.224 e. The molecule has 1 amide bonds. The molecule has 0 aliphatic carbocycles. The van der Waals surface area contributed by atoms with Crippen LogP contribution in [0.5, 0.6) is 0 Å². The highest BCUT2D eigenvalue weighted by Gasteiger charge is 2.19. The average molecular weight is 294 g/mol. The van der Waals surface area contributed by atoms with E-state index in [1.54, 1.807) is 0 Å². The molecule has 1 heterocycles. The van der Waals surface area contributed by atoms with Gasteiger partial charge in [0.15, 0.2) is 0 Å². The Labute approximate surface area is 132 Å². The molecular weight excluding hydrogens is 272 g/mol. The number of fused-ring (bicyclic) bond motifs is 1. The zero-order valence-electron chi connectivity index (χ0n) is 13.2. The van der Waals surface area contributed by atoms with Crippen molar-refractivity contribution in [1.82, 2.24) is 0 Å². The maximum atomic E-state index is 11.8. The molecule has 1 aliphatic heterocycles. The monoisotopic (exact) mass is 294 g/mol. The molecule has 0 fully saturated rings. The molecule has 22 heavy (non-hydrogen) atoms. The summed E-state index contributed by atoms with van der Waals surface area (Å²) in [7, 11) is 0. The van der Waals surface area contributed by atoms with E-state index in [2.05, 4.69) is 46.6 Å². The molecule has 0 radical (unpaired) electrons. The van der Waals surface area contributed by atoms with Crippen molar-refractivity contribution in [1.29, 1.82) is 0 Å². The fraction of sp³-hybridized carbons (Fsp3) is 0.316. The van der Waals surface area contributed by atoms with Gasteiger partial charge in [-0.1, -0.05) is 32.0 Å². The molecular formula is C19H22N2O. The minimum absolute atomic E-state index is 0.0780. The molecule has 0 bridgehead atoms. The Kier molecular flexibility index (Phi) is 4.14. The summed E-state index contributed by atoms with van der Waals surface area (Å²) in [6, 6.07) is 16.6. The first-order valence-corrected chi connectivity index (χ1v) is 7.89. The summed E-state index contributed by atoms with van der Waals surface area (Å²) >= 11 is 0. The fourth-order valence-electron chi connectivity index (χ4n) is 2.91. The molecule has 1 aliphatic rings. The van der Waals surface area contributed by atoms with Crippen LogP contribution in [0.25, 0.3) is 0 Å². The summed E-state index contributed by atoms with van der Waals surface area (Å²) in [5, 5.41) is 2.95. The lowest BCUT2D eigenvalue weighted by Gasteiger charge is -2.20. The van der Waals surface area contributed by atoms with Gasteiger partial charge >= 0.3 is 0 Å². The van der Waals surface area contributed by atoms with Gasteiger partial charge in [-0.05, 0) is 48.2 Å². The van der Waals surface area contributed by atoms with E-state index in [-0.39, 0.29) is 5.91 Å². The van der Waals surface area contributed by atoms with Gasteiger partial charge in [-0.25, -0.2) is 0 Å². The van der Waals surface area contributed by atoms with Crippen molar-refractivity contribution in [2.75, 3.05) is 16.8 Å². The standard InChI is InChI=1S/C19H22N2O/c1-14(2)13-19(22)20-16-7-9-17(10-8-16)21-12-11-15-5-3-4-6-18(15)21/h3-10,14H,11-13H2,1-2H3,(H,20,22). The van der Waals surface area contributed by atoms with Gasteiger partial charge in [0.05, 0.1) is 0 Å². The number of benzene rings is 2. The first-order chi connectivity index (χ1) is 10.6. The average Bonchev–Trinajstić information content (AvgIpc) is 2.91. The molecule has 2 aromatic rings. The minimum atomic E-state index is 0.0780. The SMILES string of the molecule is CC(C)CC(=O)Nc1ccc(N2CCc3ccccc32)cc1. The molecule has 0 spiro atoms. The molecule has 0 saturated heterocycles. The number of anilines is 3. The highest BCUT2D eigenvalue weighted by atomic mass is 16.1. The van der Waals surface area contributed by atoms with E-state index >= 15 is 0 Å². The number of hydrogen-bond donors (Lipinski definition) is 1. The van der Waals surface area contributed by atoms with Crippen molar-refractivity contribution in [2.45, 2.75) is 26.7 Å². The molecule has 3 rings (SSSR count). The Morgan fingerprint density at radius 1 is 1.14 bits per heavy atom. The van der Waals surface area contributed by atoms with E-state index < -0.39 is 0 Å². The van der Waals surface area contributed by atoms with Gasteiger partial charge < -0.3 is 10.2 Å². The van der Waals surface area contributed by atoms with Gasteiger partial charge in [-0.3, -0.25) is 4.79 Å². The van der Waals surface area contributed by atoms with Crippen LogP contribution in [0, 0.1) is 5.92 Å². The van der Waals surface area contributed by atoms with E-state index in [1.165, 1.54) is 16.9 Å². The van der Waals surface area contributed by atoms with Gasteiger partial charge in [0.25, 0.3) is 0 Å². The van der Waals surface area contributed by atoms with Gasteiger partial charge in [-0.2, -0.15) is 0 Å². The summed E-state index contributed by atoms with van der Waals surface area (Å²) < 4.78 is 0. The van der Waals surface area contributed by atoms with Crippen LogP contribution in [0.1, 0.15) is 25.8 Å². The lowest BCUT2D eigenvalue weighted by Crippen LogP contribution is -2.15. The number of carbonyl (C=O) groups is 1. The normalized spacial score (nSPS) is 13.3. The molecule has 0 aromatic heterocycles. The van der Waals surface area contributed by atoms with Gasteiger partial charge in [0.2, 0.25) is 5.91 Å². The van der Waals surface area contributed by atoms with Crippen LogP contribution >= 0.6 is 0 Å². The van der Waals surface area contributed by atoms with Gasteiger partial charge in [0, 0.05) is 30.0 Å². The molecule has 3 nitrogen and oxygen atoms in total. The van der Waals surface area contributed by atoms with Crippen molar-refractivity contribution in [2.24, 2.45) is 5.92 Å². The summed E-state index contributed by atoms with van der Waals surface area (Å²) in [6.07, 6.45) is 1.64. The number of hydrogen-bond acceptors (Lipinski definition) is 2. The predicted molar refractivity (Wildman–Crippen MR) is 91.7 cm³/mol. The summed E-state index contributed by atoms with van der Waals surface area (Å²) in [5.74, 6) is 0.453. The number of amides is 1. The Morgan fingerprint density at radius 2 is 1.86 bits per heavy atom. The summed E-state index contributed by atoms with van der Waals surface area (Å²) in [6.45, 7) is 5.11. The highest BCUT2D eigenvalue weighted by molar-refractivity contribution is 5.91. The predicted octanol–water partition coefficient (Wildman–Crippen LogP) is 4.37. The molecule has 3 heteroatoms. The zero-order valence-corrected chi connectivity index (χ0v) is 13.2. The summed E-state index contributed by atoms with van der Waals surface area (Å²) in [4.78, 5) is 14.1. The Morgan fingerprint density at radius 3 is 2.59 bits per heavy atom. The van der Waals surface area contributed by atoms with Crippen LogP contribution in [0.3, 0.4) is 0 Å². The van der Waals surface area contributed by atoms with Gasteiger partial charge in [0.1, 0.15) is 0 Å². The number of nitrogens with one attached hydrogen (secondary N) is 1. The van der Waals surface area contributed by atoms with Crippen molar-refractivity contribution in [3.05, 3.63) is 54.1 Å². The fourth-order valence-corrected chi connectivity index (χ4v) is 2.91. The number of para-hydroxylation sites is 1. The lowest BCUT2D eigenvalue weighted by atomic mass is 10.1. The highest BCUT2D eigenvalue weighted by Crippen LogP contribution is 2.34. The van der Waals surface area contributed by atoms with E-state index in [1.807, 2.05) is 26.0 Å². The molecule has 0 atom stereocenters. The second-order valence-electron chi connectivity index (χ2n) is 6.22. The van der Waals surface area contributed by atoms with Crippen LogP contribution in [-0.4, -0.2) is 12.5 Å². The maximum Gasteiger partial charge on any atom is 0.224 e. The van der Waals surface area contributed by atoms with E-state index in [0.29, 0.717) is 12.3 Å². The molecule has 0 saturated carbocycles. The number of rotatable bonds is 4. The number of nitrogens with zero attached hydrogens (tertiary/aromatic N) is 1. The lowest BCUT2D eigenvalue weighted by molar-refractivity contribution is -0.116. The Bertz CT molecular complexity index is 661. The van der Waals surface area contributed by atoms with Crippen LogP contribution in [0.4, 0.5) is 17.1 Å². The Hall–Kier alpha value is -2.29. The van der Waals surface area contributed by atoms with E-state index in [0.717, 1.165) is 18.7 Å². The molecule has 0 unspecified atom stereocenters. The van der Waals surface area contributed by atoms with Crippen molar-refractivity contribution in [3.63, 3.8) is 0 Å². The van der Waals surface area contributed by atoms with E-state index in [4.69, 9.17) is 0 Å². The topological polar surface area (TPSA) is 32.3 Å². The van der Waals surface area contributed by atoms with Crippen LogP contribution in [-0.2, 0) is 11.2 Å². The second-order valence-corrected chi connectivity index (χ2v) is 6.22. The zero-order chi connectivity index (χ0) is 15.5. The second kappa shape index (κ2) is 6.22. The first-order valence-electron chi connectivity index (χ1n) is 7.89. The molecule has 1 N–H and O–H groups in total. The largest absolute Gasteiger partial charge is 0.341 e. The third-order valence-corrected chi connectivity index (χ3v) is 3.94. The van der Waals surface area contributed by atoms with E-state index in [9.17, 15) is 4.79 Å². The van der Waals surface area contributed by atoms with Crippen molar-refractivity contribution >= 4 is 23.0 Å². The van der Waals surface area contributed by atoms with Crippen LogP contribution < -0.4 is 10.2 Å². The number of carbonyl (C=O) groups excluding carboxylic acids is 1. The third-order valence-electron chi connectivity index (χ3n) is 3.94. The van der Waals surface area contributed by atoms with Crippen LogP contribution in [0.2, 0.25) is 0 Å². The van der Waals surface area contributed by atoms with Crippen molar-refractivity contribution < 1.29 is 4.79 Å². The van der Waals surface area contributed by atoms with Crippen molar-refractivity contribution in [3.8, 4) is 0 Å². The summed E-state index contributed by atoms with van der Waals surface area (Å²) in [5.41, 5.74) is 4.73. The quantitative estimate of drug-likeness (QED) is 0.908. The Balaban J connectivity index is 1.72. The minimum Gasteiger partial charge on any atom is -0.341 e. The third kappa shape index (κ3) is 3.14. The van der Waals surface area contributed by atoms with Crippen LogP contribution in [0.15, 0.2) is 48.5 Å². The first kappa shape index (κ1) is 14.6. The molecule has 2 aromatic carbocycles. The molecule has 114 valence electrons. The maximum absolute atomic E-state index is 11.8. The van der Waals surface area contributed by atoms with Gasteiger partial charge in [-0.15, -0.1) is 0 Å².